The minimum atomic E-state index is -4.87. The van der Waals surface area contributed by atoms with Gasteiger partial charge >= 0.3 is 6.18 Å². The largest absolute Gasteiger partial charge is 0.436 e. The molecule has 1 aliphatic rings. The number of rotatable bonds is 5. The van der Waals surface area contributed by atoms with Crippen molar-refractivity contribution in [3.63, 3.8) is 0 Å². The van der Waals surface area contributed by atoms with Gasteiger partial charge in [-0.3, -0.25) is 0 Å². The summed E-state index contributed by atoms with van der Waals surface area (Å²) in [7, 11) is 0. The molecule has 0 spiro atoms. The van der Waals surface area contributed by atoms with Gasteiger partial charge < -0.3 is 4.74 Å². The quantitative estimate of drug-likeness (QED) is 0.713. The van der Waals surface area contributed by atoms with Crippen LogP contribution in [-0.2, 0) is 17.5 Å². The standard InChI is InChI=1S/C18H22F4N4O/c1-11(2)5-8-26-17(24-16(25-26)12-6-9-27-10-7-12)14-4-3-13(19)15(23-14)18(20,21)22/h3-4,11-12H,5-10H2,1-2H3. The second kappa shape index (κ2) is 7.92. The molecule has 0 radical (unpaired) electrons. The van der Waals surface area contributed by atoms with Crippen LogP contribution in [0.5, 0.6) is 0 Å². The molecule has 1 saturated heterocycles. The zero-order chi connectivity index (χ0) is 19.6. The number of hydrogen-bond acceptors (Lipinski definition) is 4. The first-order valence-corrected chi connectivity index (χ1v) is 9.02. The first-order chi connectivity index (χ1) is 12.8. The van der Waals surface area contributed by atoms with Crippen LogP contribution in [0.15, 0.2) is 12.1 Å². The third-order valence-electron chi connectivity index (χ3n) is 4.54. The molecule has 0 N–H and O–H groups in total. The number of hydrogen-bond donors (Lipinski definition) is 0. The first kappa shape index (κ1) is 19.7. The van der Waals surface area contributed by atoms with Crippen LogP contribution in [0.25, 0.3) is 11.5 Å². The number of alkyl halides is 3. The van der Waals surface area contributed by atoms with E-state index < -0.39 is 17.7 Å². The van der Waals surface area contributed by atoms with Gasteiger partial charge in [0.2, 0.25) is 0 Å². The maximum Gasteiger partial charge on any atom is 0.436 e. The van der Waals surface area contributed by atoms with Gasteiger partial charge in [-0.25, -0.2) is 19.0 Å². The normalized spacial score (nSPS) is 16.3. The highest BCUT2D eigenvalue weighted by molar-refractivity contribution is 5.50. The van der Waals surface area contributed by atoms with Crippen molar-refractivity contribution < 1.29 is 22.3 Å². The van der Waals surface area contributed by atoms with Gasteiger partial charge in [-0.15, -0.1) is 0 Å². The van der Waals surface area contributed by atoms with E-state index in [1.165, 1.54) is 6.07 Å². The molecule has 3 rings (SSSR count). The van der Waals surface area contributed by atoms with Crippen LogP contribution in [-0.4, -0.2) is 33.0 Å². The predicted octanol–water partition coefficient (Wildman–Crippen LogP) is 4.44. The highest BCUT2D eigenvalue weighted by Crippen LogP contribution is 2.32. The highest BCUT2D eigenvalue weighted by atomic mass is 19.4. The summed E-state index contributed by atoms with van der Waals surface area (Å²) in [6, 6.07) is 2.00. The first-order valence-electron chi connectivity index (χ1n) is 9.02. The topological polar surface area (TPSA) is 52.8 Å². The van der Waals surface area contributed by atoms with Crippen LogP contribution >= 0.6 is 0 Å². The van der Waals surface area contributed by atoms with Crippen LogP contribution in [0, 0.1) is 11.7 Å². The number of pyridine rings is 1. The van der Waals surface area contributed by atoms with Gasteiger partial charge in [0.25, 0.3) is 0 Å². The van der Waals surface area contributed by atoms with Gasteiger partial charge in [0.05, 0.1) is 0 Å². The number of aryl methyl sites for hydroxylation is 1. The zero-order valence-corrected chi connectivity index (χ0v) is 15.3. The summed E-state index contributed by atoms with van der Waals surface area (Å²) < 4.78 is 59.6. The third kappa shape index (κ3) is 4.63. The second-order valence-electron chi connectivity index (χ2n) is 7.11. The van der Waals surface area contributed by atoms with E-state index in [1.807, 2.05) is 13.8 Å². The fourth-order valence-electron chi connectivity index (χ4n) is 2.98. The van der Waals surface area contributed by atoms with Gasteiger partial charge in [0.1, 0.15) is 5.69 Å². The van der Waals surface area contributed by atoms with Crippen molar-refractivity contribution in [2.75, 3.05) is 13.2 Å². The molecule has 3 heterocycles. The monoisotopic (exact) mass is 386 g/mol. The number of nitrogens with zero attached hydrogens (tertiary/aromatic N) is 4. The maximum atomic E-state index is 13.6. The van der Waals surface area contributed by atoms with Crippen LogP contribution in [0.2, 0.25) is 0 Å². The maximum absolute atomic E-state index is 13.6. The molecule has 0 unspecified atom stereocenters. The molecule has 5 nitrogen and oxygen atoms in total. The van der Waals surface area contributed by atoms with E-state index in [-0.39, 0.29) is 17.4 Å². The Morgan fingerprint density at radius 3 is 2.52 bits per heavy atom. The SMILES string of the molecule is CC(C)CCn1nc(C2CCOCC2)nc1-c1ccc(F)c(C(F)(F)F)n1. The van der Waals surface area contributed by atoms with Crippen molar-refractivity contribution in [2.24, 2.45) is 5.92 Å². The molecule has 0 bridgehead atoms. The zero-order valence-electron chi connectivity index (χ0n) is 15.3. The molecule has 1 fully saturated rings. The van der Waals surface area contributed by atoms with Crippen molar-refractivity contribution in [1.82, 2.24) is 19.7 Å². The molecular formula is C18H22F4N4O. The fourth-order valence-corrected chi connectivity index (χ4v) is 2.98. The van der Waals surface area contributed by atoms with Gasteiger partial charge in [-0.2, -0.15) is 18.3 Å². The minimum absolute atomic E-state index is 0.0294. The van der Waals surface area contributed by atoms with Gasteiger partial charge in [-0.1, -0.05) is 13.8 Å². The lowest BCUT2D eigenvalue weighted by Crippen LogP contribution is -2.15. The molecule has 27 heavy (non-hydrogen) atoms. The molecule has 148 valence electrons. The molecule has 0 amide bonds. The molecule has 9 heteroatoms. The van der Waals surface area contributed by atoms with Crippen LogP contribution < -0.4 is 0 Å². The van der Waals surface area contributed by atoms with Crippen molar-refractivity contribution in [3.8, 4) is 11.5 Å². The summed E-state index contributed by atoms with van der Waals surface area (Å²) in [4.78, 5) is 7.99. The summed E-state index contributed by atoms with van der Waals surface area (Å²) in [5.41, 5.74) is -1.57. The van der Waals surface area contributed by atoms with E-state index in [2.05, 4.69) is 15.1 Å². The highest BCUT2D eigenvalue weighted by Gasteiger charge is 2.37. The van der Waals surface area contributed by atoms with Crippen LogP contribution in [0.1, 0.15) is 50.5 Å². The Kier molecular flexibility index (Phi) is 5.78. The molecule has 0 aliphatic carbocycles. The van der Waals surface area contributed by atoms with E-state index in [4.69, 9.17) is 4.74 Å². The predicted molar refractivity (Wildman–Crippen MR) is 90.5 cm³/mol. The van der Waals surface area contributed by atoms with Gasteiger partial charge in [-0.05, 0) is 37.3 Å². The Bertz CT molecular complexity index is 782. The Labute approximate surface area is 154 Å². The fraction of sp³-hybridized carbons (Fsp3) is 0.611. The van der Waals surface area contributed by atoms with E-state index in [0.717, 1.165) is 25.3 Å². The van der Waals surface area contributed by atoms with Gasteiger partial charge in [0, 0.05) is 25.7 Å². The molecular weight excluding hydrogens is 364 g/mol. The van der Waals surface area contributed by atoms with Gasteiger partial charge in [0.15, 0.2) is 23.2 Å². The van der Waals surface area contributed by atoms with Crippen molar-refractivity contribution in [1.29, 1.82) is 0 Å². The lowest BCUT2D eigenvalue weighted by Gasteiger charge is -2.18. The average Bonchev–Trinajstić information content (AvgIpc) is 3.04. The Hall–Kier alpha value is -2.03. The lowest BCUT2D eigenvalue weighted by molar-refractivity contribution is -0.143. The lowest BCUT2D eigenvalue weighted by atomic mass is 10.00. The van der Waals surface area contributed by atoms with Crippen molar-refractivity contribution >= 4 is 0 Å². The summed E-state index contributed by atoms with van der Waals surface area (Å²) in [6.45, 7) is 5.81. The third-order valence-corrected chi connectivity index (χ3v) is 4.54. The van der Waals surface area contributed by atoms with Crippen molar-refractivity contribution in [3.05, 3.63) is 29.5 Å². The number of aromatic nitrogens is 4. The summed E-state index contributed by atoms with van der Waals surface area (Å²) >= 11 is 0. The second-order valence-corrected chi connectivity index (χ2v) is 7.11. The van der Waals surface area contributed by atoms with Crippen LogP contribution in [0.3, 0.4) is 0 Å². The number of ether oxygens (including phenoxy) is 1. The summed E-state index contributed by atoms with van der Waals surface area (Å²) in [5, 5.41) is 4.53. The average molecular weight is 386 g/mol. The Morgan fingerprint density at radius 1 is 1.19 bits per heavy atom. The summed E-state index contributed by atoms with van der Waals surface area (Å²) in [5.74, 6) is -0.0932. The molecule has 0 aromatic carbocycles. The molecule has 2 aromatic heterocycles. The summed E-state index contributed by atoms with van der Waals surface area (Å²) in [6.07, 6.45) is -2.56. The Morgan fingerprint density at radius 2 is 1.89 bits per heavy atom. The van der Waals surface area contributed by atoms with E-state index in [0.29, 0.717) is 31.5 Å². The van der Waals surface area contributed by atoms with Crippen LogP contribution in [0.4, 0.5) is 17.6 Å². The van der Waals surface area contributed by atoms with E-state index in [9.17, 15) is 17.6 Å². The van der Waals surface area contributed by atoms with Crippen molar-refractivity contribution in [2.45, 2.75) is 51.7 Å². The number of halogens is 4. The Balaban J connectivity index is 2.00. The molecule has 2 aromatic rings. The molecule has 0 atom stereocenters. The molecule has 0 saturated carbocycles. The van der Waals surface area contributed by atoms with E-state index in [1.54, 1.807) is 4.68 Å². The smallest absolute Gasteiger partial charge is 0.381 e. The van der Waals surface area contributed by atoms with E-state index >= 15 is 0 Å². The minimum Gasteiger partial charge on any atom is -0.381 e. The molecule has 1 aliphatic heterocycles.